The van der Waals surface area contributed by atoms with Crippen LogP contribution in [0.4, 0.5) is 4.39 Å². The molecule has 0 N–H and O–H groups in total. The Hall–Kier alpha value is -1.40. The summed E-state index contributed by atoms with van der Waals surface area (Å²) in [7, 11) is -3.27. The van der Waals surface area contributed by atoms with Crippen LogP contribution in [0.2, 0.25) is 0 Å². The lowest BCUT2D eigenvalue weighted by Gasteiger charge is -2.08. The maximum Gasteiger partial charge on any atom is 0.175 e. The van der Waals surface area contributed by atoms with E-state index in [1.807, 2.05) is 0 Å². The SMILES string of the molecule is CS(=O)(=O)c1cccc(OCc2cc(F)cc(Br)c2)c1. The van der Waals surface area contributed by atoms with Gasteiger partial charge in [0.1, 0.15) is 18.2 Å². The van der Waals surface area contributed by atoms with Crippen LogP contribution in [0.5, 0.6) is 5.75 Å². The molecule has 2 rings (SSSR count). The van der Waals surface area contributed by atoms with Gasteiger partial charge >= 0.3 is 0 Å². The minimum atomic E-state index is -3.27. The highest BCUT2D eigenvalue weighted by atomic mass is 79.9. The number of sulfone groups is 1. The fourth-order valence-corrected chi connectivity index (χ4v) is 2.82. The maximum absolute atomic E-state index is 13.2. The van der Waals surface area contributed by atoms with Gasteiger partial charge in [0.15, 0.2) is 9.84 Å². The number of rotatable bonds is 4. The van der Waals surface area contributed by atoms with E-state index < -0.39 is 9.84 Å². The second-order valence-electron chi connectivity index (χ2n) is 4.31. The van der Waals surface area contributed by atoms with Crippen LogP contribution in [-0.4, -0.2) is 14.7 Å². The highest BCUT2D eigenvalue weighted by Gasteiger charge is 2.08. The summed E-state index contributed by atoms with van der Waals surface area (Å²) in [6, 6.07) is 10.7. The third-order valence-corrected chi connectivity index (χ3v) is 4.13. The van der Waals surface area contributed by atoms with Crippen LogP contribution >= 0.6 is 15.9 Å². The molecule has 0 atom stereocenters. The van der Waals surface area contributed by atoms with Crippen molar-refractivity contribution >= 4 is 25.8 Å². The van der Waals surface area contributed by atoms with Gasteiger partial charge in [0.05, 0.1) is 4.90 Å². The van der Waals surface area contributed by atoms with E-state index in [0.29, 0.717) is 15.8 Å². The molecule has 0 saturated carbocycles. The topological polar surface area (TPSA) is 43.4 Å². The molecule has 0 aliphatic heterocycles. The summed E-state index contributed by atoms with van der Waals surface area (Å²) in [5.41, 5.74) is 0.654. The molecule has 0 unspecified atom stereocenters. The average molecular weight is 359 g/mol. The molecule has 106 valence electrons. The van der Waals surface area contributed by atoms with Gasteiger partial charge in [-0.2, -0.15) is 0 Å². The smallest absolute Gasteiger partial charge is 0.175 e. The third-order valence-electron chi connectivity index (χ3n) is 2.56. The van der Waals surface area contributed by atoms with Crippen molar-refractivity contribution in [3.8, 4) is 5.75 Å². The zero-order valence-corrected chi connectivity index (χ0v) is 13.0. The van der Waals surface area contributed by atoms with Crippen molar-refractivity contribution in [2.75, 3.05) is 6.26 Å². The zero-order chi connectivity index (χ0) is 14.8. The fraction of sp³-hybridized carbons (Fsp3) is 0.143. The van der Waals surface area contributed by atoms with E-state index in [1.54, 1.807) is 18.2 Å². The summed E-state index contributed by atoms with van der Waals surface area (Å²) in [5.74, 6) is 0.0659. The lowest BCUT2D eigenvalue weighted by Crippen LogP contribution is -2.00. The Kier molecular flexibility index (Phi) is 4.45. The predicted octanol–water partition coefficient (Wildman–Crippen LogP) is 3.57. The Bertz CT molecular complexity index is 709. The van der Waals surface area contributed by atoms with Gasteiger partial charge in [-0.05, 0) is 42.0 Å². The molecule has 0 radical (unpaired) electrons. The molecule has 0 aromatic heterocycles. The Balaban J connectivity index is 2.15. The zero-order valence-electron chi connectivity index (χ0n) is 10.6. The highest BCUT2D eigenvalue weighted by Crippen LogP contribution is 2.20. The number of benzene rings is 2. The summed E-state index contributed by atoms with van der Waals surface area (Å²) >= 11 is 3.20. The van der Waals surface area contributed by atoms with Crippen LogP contribution < -0.4 is 4.74 Å². The Morgan fingerprint density at radius 1 is 1.20 bits per heavy atom. The van der Waals surface area contributed by atoms with Crippen molar-refractivity contribution < 1.29 is 17.5 Å². The lowest BCUT2D eigenvalue weighted by molar-refractivity contribution is 0.304. The first kappa shape index (κ1) is 15.0. The standard InChI is InChI=1S/C14H12BrFO3S/c1-20(17,18)14-4-2-3-13(8-14)19-9-10-5-11(15)7-12(16)6-10/h2-8H,9H2,1H3. The second kappa shape index (κ2) is 5.93. The van der Waals surface area contributed by atoms with E-state index in [2.05, 4.69) is 15.9 Å². The van der Waals surface area contributed by atoms with Crippen LogP contribution in [0.3, 0.4) is 0 Å². The van der Waals surface area contributed by atoms with Crippen LogP contribution in [0, 0.1) is 5.82 Å². The van der Waals surface area contributed by atoms with Crippen LogP contribution in [-0.2, 0) is 16.4 Å². The monoisotopic (exact) mass is 358 g/mol. The normalized spacial score (nSPS) is 11.3. The molecule has 3 nitrogen and oxygen atoms in total. The summed E-state index contributed by atoms with van der Waals surface area (Å²) in [5, 5.41) is 0. The molecular formula is C14H12BrFO3S. The van der Waals surface area contributed by atoms with Crippen molar-refractivity contribution in [3.63, 3.8) is 0 Å². The first-order valence-corrected chi connectivity index (χ1v) is 8.41. The molecule has 2 aromatic rings. The number of hydrogen-bond donors (Lipinski definition) is 0. The molecule has 0 fully saturated rings. The van der Waals surface area contributed by atoms with Gasteiger partial charge in [-0.15, -0.1) is 0 Å². The second-order valence-corrected chi connectivity index (χ2v) is 7.24. The number of halogens is 2. The van der Waals surface area contributed by atoms with Gasteiger partial charge < -0.3 is 4.74 Å². The largest absolute Gasteiger partial charge is 0.489 e. The average Bonchev–Trinajstić information content (AvgIpc) is 2.35. The summed E-state index contributed by atoms with van der Waals surface area (Å²) in [4.78, 5) is 0.190. The Morgan fingerprint density at radius 3 is 2.60 bits per heavy atom. The van der Waals surface area contributed by atoms with Crippen molar-refractivity contribution in [3.05, 3.63) is 58.3 Å². The van der Waals surface area contributed by atoms with Crippen LogP contribution in [0.1, 0.15) is 5.56 Å². The van der Waals surface area contributed by atoms with E-state index >= 15 is 0 Å². The minimum absolute atomic E-state index is 0.156. The van der Waals surface area contributed by atoms with Gasteiger partial charge in [-0.1, -0.05) is 22.0 Å². The molecule has 0 bridgehead atoms. The quantitative estimate of drug-likeness (QED) is 0.838. The fourth-order valence-electron chi connectivity index (χ4n) is 1.66. The predicted molar refractivity (Wildman–Crippen MR) is 78.0 cm³/mol. The molecule has 0 amide bonds. The van der Waals surface area contributed by atoms with E-state index in [9.17, 15) is 12.8 Å². The van der Waals surface area contributed by atoms with Gasteiger partial charge in [-0.3, -0.25) is 0 Å². The summed E-state index contributed by atoms with van der Waals surface area (Å²) < 4.78 is 42.2. The molecule has 20 heavy (non-hydrogen) atoms. The highest BCUT2D eigenvalue weighted by molar-refractivity contribution is 9.10. The Labute approximate surface area is 125 Å². The van der Waals surface area contributed by atoms with Crippen molar-refractivity contribution in [2.24, 2.45) is 0 Å². The lowest BCUT2D eigenvalue weighted by atomic mass is 10.2. The van der Waals surface area contributed by atoms with E-state index in [0.717, 1.165) is 6.26 Å². The first-order chi connectivity index (χ1) is 9.34. The first-order valence-electron chi connectivity index (χ1n) is 5.72. The number of ether oxygens (including phenoxy) is 1. The Morgan fingerprint density at radius 2 is 1.95 bits per heavy atom. The van der Waals surface area contributed by atoms with Gasteiger partial charge in [0.25, 0.3) is 0 Å². The third kappa shape index (κ3) is 4.05. The van der Waals surface area contributed by atoms with Gasteiger partial charge in [0, 0.05) is 10.7 Å². The molecular weight excluding hydrogens is 347 g/mol. The molecule has 6 heteroatoms. The molecule has 0 saturated heterocycles. The van der Waals surface area contributed by atoms with Crippen LogP contribution in [0.25, 0.3) is 0 Å². The molecule has 0 heterocycles. The number of hydrogen-bond acceptors (Lipinski definition) is 3. The molecule has 0 aliphatic carbocycles. The molecule has 0 spiro atoms. The molecule has 0 aliphatic rings. The van der Waals surface area contributed by atoms with E-state index in [4.69, 9.17) is 4.74 Å². The van der Waals surface area contributed by atoms with E-state index in [1.165, 1.54) is 24.3 Å². The summed E-state index contributed by atoms with van der Waals surface area (Å²) in [6.07, 6.45) is 1.13. The van der Waals surface area contributed by atoms with E-state index in [-0.39, 0.29) is 17.3 Å². The van der Waals surface area contributed by atoms with Crippen LogP contribution in [0.15, 0.2) is 51.8 Å². The summed E-state index contributed by atoms with van der Waals surface area (Å²) in [6.45, 7) is 0.156. The maximum atomic E-state index is 13.2. The van der Waals surface area contributed by atoms with Crippen molar-refractivity contribution in [1.29, 1.82) is 0 Å². The van der Waals surface area contributed by atoms with Gasteiger partial charge in [0.2, 0.25) is 0 Å². The van der Waals surface area contributed by atoms with Crippen molar-refractivity contribution in [1.82, 2.24) is 0 Å². The molecule has 2 aromatic carbocycles. The minimum Gasteiger partial charge on any atom is -0.489 e. The van der Waals surface area contributed by atoms with Crippen molar-refractivity contribution in [2.45, 2.75) is 11.5 Å². The van der Waals surface area contributed by atoms with Gasteiger partial charge in [-0.25, -0.2) is 12.8 Å².